The second-order valence-corrected chi connectivity index (χ2v) is 7.27. The van der Waals surface area contributed by atoms with Crippen LogP contribution in [0.2, 0.25) is 5.02 Å². The Hall–Kier alpha value is -0.630. The normalized spacial score (nSPS) is 13.1. The van der Waals surface area contributed by atoms with Crippen molar-refractivity contribution in [2.75, 3.05) is 7.05 Å². The molecule has 0 saturated heterocycles. The highest BCUT2D eigenvalue weighted by Crippen LogP contribution is 2.29. The molecule has 0 aliphatic heterocycles. The SMILES string of the molecule is CCC(C)N(C)C(=O)c1cc(S(N)(=O)=O)c(Br)cc1Cl. The quantitative estimate of drug-likeness (QED) is 0.868. The van der Waals surface area contributed by atoms with Crippen molar-refractivity contribution in [1.82, 2.24) is 4.90 Å². The molecule has 0 bridgehead atoms. The topological polar surface area (TPSA) is 80.5 Å². The van der Waals surface area contributed by atoms with Gasteiger partial charge in [0.1, 0.15) is 0 Å². The molecular weight excluding hydrogens is 368 g/mol. The van der Waals surface area contributed by atoms with Crippen LogP contribution in [0.5, 0.6) is 0 Å². The number of halogens is 2. The van der Waals surface area contributed by atoms with Gasteiger partial charge in [-0.05, 0) is 41.4 Å². The van der Waals surface area contributed by atoms with Gasteiger partial charge in [0.15, 0.2) is 0 Å². The van der Waals surface area contributed by atoms with Crippen molar-refractivity contribution in [3.63, 3.8) is 0 Å². The van der Waals surface area contributed by atoms with E-state index in [1.807, 2.05) is 13.8 Å². The number of sulfonamides is 1. The first kappa shape index (κ1) is 17.4. The van der Waals surface area contributed by atoms with Crippen LogP contribution in [0, 0.1) is 0 Å². The smallest absolute Gasteiger partial charge is 0.255 e. The highest BCUT2D eigenvalue weighted by atomic mass is 79.9. The number of rotatable bonds is 4. The number of nitrogens with two attached hydrogens (primary N) is 1. The van der Waals surface area contributed by atoms with Gasteiger partial charge in [0.2, 0.25) is 10.0 Å². The largest absolute Gasteiger partial charge is 0.339 e. The van der Waals surface area contributed by atoms with Crippen molar-refractivity contribution in [3.8, 4) is 0 Å². The molecule has 0 saturated carbocycles. The van der Waals surface area contributed by atoms with Crippen LogP contribution in [0.1, 0.15) is 30.6 Å². The summed E-state index contributed by atoms with van der Waals surface area (Å²) in [6, 6.07) is 2.57. The molecule has 0 aromatic heterocycles. The molecule has 1 unspecified atom stereocenters. The van der Waals surface area contributed by atoms with Crippen molar-refractivity contribution < 1.29 is 13.2 Å². The number of carbonyl (C=O) groups is 1. The summed E-state index contributed by atoms with van der Waals surface area (Å²) in [5.74, 6) is -0.346. The van der Waals surface area contributed by atoms with Gasteiger partial charge in [0, 0.05) is 17.6 Å². The van der Waals surface area contributed by atoms with Crippen LogP contribution in [0.4, 0.5) is 0 Å². The molecule has 8 heteroatoms. The first-order chi connectivity index (χ1) is 9.09. The van der Waals surface area contributed by atoms with Gasteiger partial charge >= 0.3 is 0 Å². The Morgan fingerprint density at radius 1 is 1.50 bits per heavy atom. The lowest BCUT2D eigenvalue weighted by Crippen LogP contribution is -2.35. The number of primary sulfonamides is 1. The van der Waals surface area contributed by atoms with Gasteiger partial charge in [0.25, 0.3) is 5.91 Å². The Morgan fingerprint density at radius 2 is 2.05 bits per heavy atom. The Bertz CT molecular complexity index is 634. The van der Waals surface area contributed by atoms with E-state index in [1.165, 1.54) is 17.0 Å². The van der Waals surface area contributed by atoms with Gasteiger partial charge < -0.3 is 4.90 Å². The number of carbonyl (C=O) groups excluding carboxylic acids is 1. The second kappa shape index (κ2) is 6.43. The summed E-state index contributed by atoms with van der Waals surface area (Å²) < 4.78 is 23.2. The summed E-state index contributed by atoms with van der Waals surface area (Å²) in [7, 11) is -2.29. The van der Waals surface area contributed by atoms with Gasteiger partial charge in [-0.15, -0.1) is 0 Å². The monoisotopic (exact) mass is 382 g/mol. The van der Waals surface area contributed by atoms with Crippen molar-refractivity contribution in [1.29, 1.82) is 0 Å². The van der Waals surface area contributed by atoms with Crippen LogP contribution in [0.3, 0.4) is 0 Å². The van der Waals surface area contributed by atoms with Crippen LogP contribution in [-0.2, 0) is 10.0 Å². The van der Waals surface area contributed by atoms with Crippen LogP contribution in [-0.4, -0.2) is 32.3 Å². The van der Waals surface area contributed by atoms with Crippen molar-refractivity contribution >= 4 is 43.5 Å². The lowest BCUT2D eigenvalue weighted by molar-refractivity contribution is 0.0740. The van der Waals surface area contributed by atoms with E-state index >= 15 is 0 Å². The molecule has 1 rings (SSSR count). The fourth-order valence-corrected chi connectivity index (χ4v) is 3.58. The minimum Gasteiger partial charge on any atom is -0.339 e. The summed E-state index contributed by atoms with van der Waals surface area (Å²) in [5, 5.41) is 5.28. The zero-order chi connectivity index (χ0) is 15.7. The lowest BCUT2D eigenvalue weighted by atomic mass is 10.1. The fourth-order valence-electron chi connectivity index (χ4n) is 1.58. The highest BCUT2D eigenvalue weighted by molar-refractivity contribution is 9.10. The predicted octanol–water partition coefficient (Wildman–Crippen LogP) is 2.62. The number of amides is 1. The first-order valence-corrected chi connectivity index (χ1v) is 8.60. The molecule has 5 nitrogen and oxygen atoms in total. The van der Waals surface area contributed by atoms with Gasteiger partial charge in [0.05, 0.1) is 15.5 Å². The maximum atomic E-state index is 12.3. The van der Waals surface area contributed by atoms with Gasteiger partial charge in [-0.2, -0.15) is 0 Å². The Balaban J connectivity index is 3.36. The zero-order valence-electron chi connectivity index (χ0n) is 11.4. The number of nitrogens with zero attached hydrogens (tertiary/aromatic N) is 1. The van der Waals surface area contributed by atoms with Crippen molar-refractivity contribution in [2.24, 2.45) is 5.14 Å². The Morgan fingerprint density at radius 3 is 2.50 bits per heavy atom. The van der Waals surface area contributed by atoms with E-state index in [9.17, 15) is 13.2 Å². The summed E-state index contributed by atoms with van der Waals surface area (Å²) >= 11 is 9.10. The van der Waals surface area contributed by atoms with E-state index in [1.54, 1.807) is 7.05 Å². The number of benzene rings is 1. The fraction of sp³-hybridized carbons (Fsp3) is 0.417. The minimum absolute atomic E-state index is 0.0140. The summed E-state index contributed by atoms with van der Waals surface area (Å²) in [5.41, 5.74) is 0.113. The zero-order valence-corrected chi connectivity index (χ0v) is 14.5. The molecule has 0 fully saturated rings. The summed E-state index contributed by atoms with van der Waals surface area (Å²) in [4.78, 5) is 13.7. The Kier molecular flexibility index (Phi) is 5.60. The maximum Gasteiger partial charge on any atom is 0.255 e. The molecule has 0 aliphatic rings. The minimum atomic E-state index is -3.93. The standard InChI is InChI=1S/C12H16BrClN2O3S/c1-4-7(2)16(3)12(17)8-5-11(20(15,18)19)9(13)6-10(8)14/h5-7H,4H2,1-3H3,(H2,15,18,19). The molecule has 0 aliphatic carbocycles. The molecule has 2 N–H and O–H groups in total. The molecule has 0 heterocycles. The van der Waals surface area contributed by atoms with Gasteiger partial charge in [-0.25, -0.2) is 13.6 Å². The lowest BCUT2D eigenvalue weighted by Gasteiger charge is -2.24. The Labute approximate surface area is 132 Å². The van der Waals surface area contributed by atoms with Crippen molar-refractivity contribution in [2.45, 2.75) is 31.2 Å². The third-order valence-corrected chi connectivity index (χ3v) is 5.31. The van der Waals surface area contributed by atoms with Crippen LogP contribution in [0.25, 0.3) is 0 Å². The number of hydrogen-bond donors (Lipinski definition) is 1. The van der Waals surface area contributed by atoms with Crippen LogP contribution in [0.15, 0.2) is 21.5 Å². The summed E-state index contributed by atoms with van der Waals surface area (Å²) in [6.07, 6.45) is 0.776. The first-order valence-electron chi connectivity index (χ1n) is 5.88. The molecule has 0 spiro atoms. The van der Waals surface area contributed by atoms with Crippen LogP contribution < -0.4 is 5.14 Å². The average molecular weight is 384 g/mol. The highest BCUT2D eigenvalue weighted by Gasteiger charge is 2.23. The van der Waals surface area contributed by atoms with Crippen LogP contribution >= 0.6 is 27.5 Å². The third kappa shape index (κ3) is 3.72. The predicted molar refractivity (Wildman–Crippen MR) is 82.4 cm³/mol. The third-order valence-electron chi connectivity index (χ3n) is 3.13. The molecule has 20 heavy (non-hydrogen) atoms. The van der Waals surface area contributed by atoms with Gasteiger partial charge in [-0.1, -0.05) is 18.5 Å². The maximum absolute atomic E-state index is 12.3. The number of hydrogen-bond acceptors (Lipinski definition) is 3. The van der Waals surface area contributed by atoms with Crippen molar-refractivity contribution in [3.05, 3.63) is 27.2 Å². The van der Waals surface area contributed by atoms with E-state index in [4.69, 9.17) is 16.7 Å². The van der Waals surface area contributed by atoms with E-state index in [2.05, 4.69) is 15.9 Å². The average Bonchev–Trinajstić information content (AvgIpc) is 2.34. The molecule has 1 amide bonds. The van der Waals surface area contributed by atoms with E-state index in [0.717, 1.165) is 6.42 Å². The molecule has 1 atom stereocenters. The molecule has 112 valence electrons. The second-order valence-electron chi connectivity index (χ2n) is 4.48. The van der Waals surface area contributed by atoms with E-state index in [0.29, 0.717) is 0 Å². The molecule has 1 aromatic carbocycles. The molecule has 1 aromatic rings. The summed E-state index contributed by atoms with van der Waals surface area (Å²) in [6.45, 7) is 3.85. The van der Waals surface area contributed by atoms with E-state index < -0.39 is 10.0 Å². The van der Waals surface area contributed by atoms with E-state index in [-0.39, 0.29) is 31.9 Å². The van der Waals surface area contributed by atoms with Gasteiger partial charge in [-0.3, -0.25) is 4.79 Å². The molecule has 0 radical (unpaired) electrons. The molecular formula is C12H16BrClN2O3S.